The molecule has 1 amide bonds. The van der Waals surface area contributed by atoms with Gasteiger partial charge in [0.2, 0.25) is 5.91 Å². The number of esters is 1. The zero-order chi connectivity index (χ0) is 34.4. The van der Waals surface area contributed by atoms with Crippen molar-refractivity contribution < 1.29 is 27.5 Å². The van der Waals surface area contributed by atoms with Crippen LogP contribution in [-0.4, -0.2) is 46.8 Å². The number of carbonyl (C=O) groups is 2. The van der Waals surface area contributed by atoms with Crippen LogP contribution in [0.4, 0.5) is 18.9 Å². The molecular weight excluding hydrogens is 676 g/mol. The summed E-state index contributed by atoms with van der Waals surface area (Å²) in [7, 11) is 0. The molecule has 5 aromatic rings. The first-order valence-corrected chi connectivity index (χ1v) is 16.7. The number of amides is 1. The summed E-state index contributed by atoms with van der Waals surface area (Å²) in [5, 5.41) is 1.24. The summed E-state index contributed by atoms with van der Waals surface area (Å²) in [6.07, 6.45) is -4.30. The van der Waals surface area contributed by atoms with Crippen LogP contribution < -0.4 is 10.6 Å². The van der Waals surface area contributed by atoms with Crippen LogP contribution in [0.15, 0.2) is 91.0 Å². The van der Waals surface area contributed by atoms with Gasteiger partial charge in [0.05, 0.1) is 17.0 Å². The molecule has 0 radical (unpaired) electrons. The number of primary amides is 1. The van der Waals surface area contributed by atoms with Gasteiger partial charge in [-0.1, -0.05) is 59.6 Å². The normalized spacial score (nSPS) is 18.2. The quantitative estimate of drug-likeness (QED) is 0.129. The fraction of sp³-hybridized carbons (Fsp3) is 0.270. The van der Waals surface area contributed by atoms with E-state index < -0.39 is 30.1 Å². The number of benzene rings is 4. The molecule has 1 saturated heterocycles. The first kappa shape index (κ1) is 33.0. The number of halogens is 5. The molecule has 2 unspecified atom stereocenters. The second kappa shape index (κ2) is 13.1. The lowest BCUT2D eigenvalue weighted by Crippen LogP contribution is -2.35. The molecule has 1 saturated carbocycles. The standard InChI is InChI=1S/C37H31Cl2F3N4O3/c38-25-9-4-21(5-10-25)33(22-6-11-26(39)12-7-22)23-8-13-30-31(19-23)46(35(44-30)29-20-32(29)49-36(48)37(40,41)42)27-14-16-45(17-15-27)28-3-1-2-24(18-28)34(43)47/h1-13,18-19,27,29,32-33H,14-17,20H2,(H2,43,47). The third kappa shape index (κ3) is 6.85. The Hall–Kier alpha value is -4.54. The number of anilines is 1. The fourth-order valence-electron chi connectivity index (χ4n) is 6.86. The van der Waals surface area contributed by atoms with Crippen LogP contribution in [0.5, 0.6) is 0 Å². The Morgan fingerprint density at radius 3 is 2.06 bits per heavy atom. The van der Waals surface area contributed by atoms with Crippen LogP contribution in [0.3, 0.4) is 0 Å². The van der Waals surface area contributed by atoms with Gasteiger partial charge in [0.15, 0.2) is 0 Å². The Morgan fingerprint density at radius 1 is 0.857 bits per heavy atom. The van der Waals surface area contributed by atoms with E-state index in [2.05, 4.69) is 15.5 Å². The lowest BCUT2D eigenvalue weighted by atomic mass is 9.85. The van der Waals surface area contributed by atoms with Crippen molar-refractivity contribution in [2.45, 2.75) is 49.4 Å². The fourth-order valence-corrected chi connectivity index (χ4v) is 7.11. The van der Waals surface area contributed by atoms with Crippen molar-refractivity contribution in [2.24, 2.45) is 5.73 Å². The third-order valence-electron chi connectivity index (χ3n) is 9.36. The van der Waals surface area contributed by atoms with Crippen molar-refractivity contribution in [1.82, 2.24) is 9.55 Å². The smallest absolute Gasteiger partial charge is 0.455 e. The monoisotopic (exact) mass is 706 g/mol. The zero-order valence-electron chi connectivity index (χ0n) is 26.0. The third-order valence-corrected chi connectivity index (χ3v) is 9.86. The Balaban J connectivity index is 1.27. The molecule has 12 heteroatoms. The van der Waals surface area contributed by atoms with Crippen molar-refractivity contribution in [1.29, 1.82) is 0 Å². The molecule has 7 nitrogen and oxygen atoms in total. The molecule has 4 aromatic carbocycles. The molecule has 2 fully saturated rings. The van der Waals surface area contributed by atoms with Crippen molar-refractivity contribution in [3.05, 3.63) is 129 Å². The maximum absolute atomic E-state index is 13.1. The molecule has 49 heavy (non-hydrogen) atoms. The number of fused-ring (bicyclic) bond motifs is 1. The number of carbonyl (C=O) groups excluding carboxylic acids is 2. The molecule has 2 atom stereocenters. The Morgan fingerprint density at radius 2 is 1.47 bits per heavy atom. The molecule has 2 aliphatic rings. The van der Waals surface area contributed by atoms with E-state index in [0.717, 1.165) is 27.9 Å². The summed E-state index contributed by atoms with van der Waals surface area (Å²) in [6.45, 7) is 1.34. The minimum Gasteiger partial charge on any atom is -0.455 e. The number of nitrogens with zero attached hydrogens (tertiary/aromatic N) is 3. The highest BCUT2D eigenvalue weighted by Crippen LogP contribution is 2.47. The van der Waals surface area contributed by atoms with Crippen molar-refractivity contribution in [3.8, 4) is 0 Å². The molecule has 0 spiro atoms. The predicted octanol–water partition coefficient (Wildman–Crippen LogP) is 8.43. The van der Waals surface area contributed by atoms with Gasteiger partial charge in [-0.3, -0.25) is 4.79 Å². The molecule has 2 N–H and O–H groups in total. The minimum atomic E-state index is -5.07. The first-order valence-electron chi connectivity index (χ1n) is 15.9. The molecule has 0 bridgehead atoms. The van der Waals surface area contributed by atoms with E-state index in [4.69, 9.17) is 38.7 Å². The van der Waals surface area contributed by atoms with E-state index in [1.807, 2.05) is 66.7 Å². The van der Waals surface area contributed by atoms with Crippen LogP contribution >= 0.6 is 23.2 Å². The molecule has 2 heterocycles. The maximum Gasteiger partial charge on any atom is 0.490 e. The minimum absolute atomic E-state index is 0.0325. The van der Waals surface area contributed by atoms with E-state index in [9.17, 15) is 22.8 Å². The van der Waals surface area contributed by atoms with Crippen LogP contribution in [0.1, 0.15) is 70.0 Å². The molecule has 252 valence electrons. The van der Waals surface area contributed by atoms with E-state index >= 15 is 0 Å². The largest absolute Gasteiger partial charge is 0.490 e. The van der Waals surface area contributed by atoms with Gasteiger partial charge in [-0.15, -0.1) is 0 Å². The van der Waals surface area contributed by atoms with Gasteiger partial charge in [-0.2, -0.15) is 13.2 Å². The van der Waals surface area contributed by atoms with Gasteiger partial charge in [0.25, 0.3) is 0 Å². The van der Waals surface area contributed by atoms with Gasteiger partial charge >= 0.3 is 12.1 Å². The number of hydrogen-bond donors (Lipinski definition) is 1. The number of nitrogens with two attached hydrogens (primary N) is 1. The summed E-state index contributed by atoms with van der Waals surface area (Å²) in [4.78, 5) is 30.6. The van der Waals surface area contributed by atoms with Gasteiger partial charge < -0.3 is 19.9 Å². The molecule has 7 rings (SSSR count). The van der Waals surface area contributed by atoms with E-state index in [-0.39, 0.29) is 18.4 Å². The molecule has 1 aliphatic heterocycles. The summed E-state index contributed by atoms with van der Waals surface area (Å²) in [5.74, 6) is -2.72. The van der Waals surface area contributed by atoms with Crippen molar-refractivity contribution in [3.63, 3.8) is 0 Å². The number of alkyl halides is 3. The van der Waals surface area contributed by atoms with Gasteiger partial charge in [-0.05, 0) is 90.6 Å². The predicted molar refractivity (Wildman–Crippen MR) is 182 cm³/mol. The zero-order valence-corrected chi connectivity index (χ0v) is 27.6. The highest BCUT2D eigenvalue weighted by atomic mass is 35.5. The molecule has 1 aliphatic carbocycles. The average molecular weight is 708 g/mol. The molecule has 1 aromatic heterocycles. The van der Waals surface area contributed by atoms with Crippen LogP contribution in [0.2, 0.25) is 10.0 Å². The molecular formula is C37H31Cl2F3N4O3. The summed E-state index contributed by atoms with van der Waals surface area (Å²) in [6, 6.07) is 28.6. The Labute approximate surface area is 290 Å². The van der Waals surface area contributed by atoms with Gasteiger partial charge in [-0.25, -0.2) is 9.78 Å². The number of rotatable bonds is 8. The number of piperidine rings is 1. The van der Waals surface area contributed by atoms with Crippen LogP contribution in [-0.2, 0) is 9.53 Å². The second-order valence-corrected chi connectivity index (χ2v) is 13.4. The Bertz CT molecular complexity index is 1980. The van der Waals surface area contributed by atoms with Crippen LogP contribution in [0, 0.1) is 0 Å². The van der Waals surface area contributed by atoms with Crippen molar-refractivity contribution >= 4 is 51.8 Å². The highest BCUT2D eigenvalue weighted by Gasteiger charge is 2.51. The number of ether oxygens (including phenoxy) is 1. The summed E-state index contributed by atoms with van der Waals surface area (Å²) >= 11 is 12.5. The average Bonchev–Trinajstić information content (AvgIpc) is 3.75. The lowest BCUT2D eigenvalue weighted by molar-refractivity contribution is -0.201. The van der Waals surface area contributed by atoms with E-state index in [0.29, 0.717) is 52.9 Å². The lowest BCUT2D eigenvalue weighted by Gasteiger charge is -2.35. The maximum atomic E-state index is 13.1. The Kier molecular flexibility index (Phi) is 8.79. The summed E-state index contributed by atoms with van der Waals surface area (Å²) < 4.78 is 46.2. The van der Waals surface area contributed by atoms with E-state index in [1.54, 1.807) is 18.2 Å². The SMILES string of the molecule is NC(=O)c1cccc(N2CCC(n3c(C4CC4OC(=O)C(F)(F)F)nc4ccc(C(c5ccc(Cl)cc5)c5ccc(Cl)cc5)cc43)CC2)c1. The van der Waals surface area contributed by atoms with Crippen LogP contribution in [0.25, 0.3) is 11.0 Å². The topological polar surface area (TPSA) is 90.5 Å². The first-order chi connectivity index (χ1) is 23.5. The number of imidazole rings is 1. The number of aromatic nitrogens is 2. The second-order valence-electron chi connectivity index (χ2n) is 12.5. The summed E-state index contributed by atoms with van der Waals surface area (Å²) in [5.41, 5.74) is 11.4. The van der Waals surface area contributed by atoms with Gasteiger partial charge in [0, 0.05) is 46.3 Å². The van der Waals surface area contributed by atoms with Gasteiger partial charge in [0.1, 0.15) is 11.9 Å². The highest BCUT2D eigenvalue weighted by molar-refractivity contribution is 6.30. The van der Waals surface area contributed by atoms with Crippen molar-refractivity contribution in [2.75, 3.05) is 18.0 Å². The van der Waals surface area contributed by atoms with E-state index in [1.165, 1.54) is 0 Å². The number of hydrogen-bond acceptors (Lipinski definition) is 5.